The molecule has 160 valence electrons. The van der Waals surface area contributed by atoms with Crippen LogP contribution in [0.4, 0.5) is 4.39 Å². The molecule has 5 nitrogen and oxygen atoms in total. The van der Waals surface area contributed by atoms with E-state index in [9.17, 15) is 13.7 Å². The van der Waals surface area contributed by atoms with Gasteiger partial charge in [0.1, 0.15) is 10.8 Å². The van der Waals surface area contributed by atoms with Gasteiger partial charge in [0.05, 0.1) is 10.5 Å². The molecule has 0 spiro atoms. The first-order valence-corrected chi connectivity index (χ1v) is 12.1. The predicted molar refractivity (Wildman–Crippen MR) is 121 cm³/mol. The number of nitrogens with zero attached hydrogens (tertiary/aromatic N) is 2. The van der Waals surface area contributed by atoms with E-state index >= 15 is 0 Å². The minimum atomic E-state index is -3.34. The lowest BCUT2D eigenvalue weighted by Gasteiger charge is -2.19. The molecule has 0 amide bonds. The van der Waals surface area contributed by atoms with Crippen molar-refractivity contribution in [1.82, 2.24) is 4.98 Å². The SMILES string of the molecule is CC(C)c1cc(F)cc(C(C)C)c1CC(=S)N=[S@@](N)(=O)c1ncc(C(C)(C)O)s1. The lowest BCUT2D eigenvalue weighted by Crippen LogP contribution is -2.16. The summed E-state index contributed by atoms with van der Waals surface area (Å²) in [7, 11) is -3.34. The fourth-order valence-corrected chi connectivity index (χ4v) is 5.60. The molecule has 0 fully saturated rings. The third-order valence-corrected chi connectivity index (χ3v) is 7.95. The van der Waals surface area contributed by atoms with E-state index in [0.717, 1.165) is 28.0 Å². The number of thiazole rings is 1. The fourth-order valence-electron chi connectivity index (χ4n) is 2.96. The normalized spacial score (nSPS) is 14.3. The van der Waals surface area contributed by atoms with Crippen LogP contribution in [-0.4, -0.2) is 19.3 Å². The quantitative estimate of drug-likeness (QED) is 0.596. The van der Waals surface area contributed by atoms with E-state index in [1.165, 1.54) is 18.3 Å². The highest BCUT2D eigenvalue weighted by Crippen LogP contribution is 2.31. The van der Waals surface area contributed by atoms with Gasteiger partial charge in [0.25, 0.3) is 0 Å². The summed E-state index contributed by atoms with van der Waals surface area (Å²) >= 11 is 6.45. The maximum Gasteiger partial charge on any atom is 0.204 e. The van der Waals surface area contributed by atoms with E-state index < -0.39 is 15.5 Å². The Hall–Kier alpha value is -1.26. The molecule has 0 aliphatic heterocycles. The van der Waals surface area contributed by atoms with Gasteiger partial charge in [-0.3, -0.25) is 0 Å². The van der Waals surface area contributed by atoms with Gasteiger partial charge in [0.15, 0.2) is 9.92 Å². The van der Waals surface area contributed by atoms with Crippen LogP contribution in [0.3, 0.4) is 0 Å². The number of hydrogen-bond donors (Lipinski definition) is 2. The van der Waals surface area contributed by atoms with Crippen LogP contribution in [0.15, 0.2) is 27.0 Å². The molecule has 2 rings (SSSR count). The zero-order valence-electron chi connectivity index (χ0n) is 17.5. The topological polar surface area (TPSA) is 88.6 Å². The van der Waals surface area contributed by atoms with Crippen molar-refractivity contribution in [2.45, 2.75) is 69.7 Å². The second kappa shape index (κ2) is 8.85. The van der Waals surface area contributed by atoms with Gasteiger partial charge < -0.3 is 5.11 Å². The van der Waals surface area contributed by atoms with Crippen LogP contribution in [-0.2, 0) is 21.9 Å². The zero-order chi connectivity index (χ0) is 22.1. The smallest absolute Gasteiger partial charge is 0.204 e. The summed E-state index contributed by atoms with van der Waals surface area (Å²) in [6.07, 6.45) is 1.69. The lowest BCUT2D eigenvalue weighted by molar-refractivity contribution is 0.0823. The summed E-state index contributed by atoms with van der Waals surface area (Å²) < 4.78 is 31.3. The monoisotopic (exact) mass is 457 g/mol. The molecule has 1 heterocycles. The second-order valence-electron chi connectivity index (χ2n) is 8.15. The Balaban J connectivity index is 2.44. The number of benzene rings is 1. The second-order valence-corrected chi connectivity index (χ2v) is 11.6. The Bertz CT molecular complexity index is 1000. The molecule has 29 heavy (non-hydrogen) atoms. The molecule has 0 aliphatic carbocycles. The number of aliphatic hydroxyl groups is 1. The molecule has 0 aliphatic rings. The maximum absolute atomic E-state index is 14.1. The first-order chi connectivity index (χ1) is 13.2. The highest BCUT2D eigenvalue weighted by Gasteiger charge is 2.23. The molecule has 0 unspecified atom stereocenters. The molecular formula is C20H28FN3O2S3. The standard InChI is InChI=1S/C20H28FN3O2S3/c1-11(2)14-7-13(21)8-15(12(3)4)16(14)9-18(27)24-29(22,26)19-23-10-17(28-19)20(5,6)25/h7-8,10-12,25H,9H2,1-6H3,(H2,22,24,26,27)/t29-/m1/s1. The fraction of sp³-hybridized carbons (Fsp3) is 0.500. The highest BCUT2D eigenvalue weighted by molar-refractivity contribution is 7.94. The van der Waals surface area contributed by atoms with E-state index in [2.05, 4.69) is 9.35 Å². The Morgan fingerprint density at radius 2 is 1.83 bits per heavy atom. The molecular weight excluding hydrogens is 429 g/mol. The third kappa shape index (κ3) is 5.88. The van der Waals surface area contributed by atoms with Crippen LogP contribution >= 0.6 is 23.6 Å². The van der Waals surface area contributed by atoms with Crippen LogP contribution in [0.1, 0.15) is 74.9 Å². The molecule has 2 aromatic rings. The minimum Gasteiger partial charge on any atom is -0.385 e. The lowest BCUT2D eigenvalue weighted by atomic mass is 9.87. The van der Waals surface area contributed by atoms with E-state index in [4.69, 9.17) is 17.4 Å². The Morgan fingerprint density at radius 3 is 2.24 bits per heavy atom. The summed E-state index contributed by atoms with van der Waals surface area (Å²) in [5, 5.41) is 16.0. The van der Waals surface area contributed by atoms with Gasteiger partial charge in [0.2, 0.25) is 4.34 Å². The van der Waals surface area contributed by atoms with Crippen molar-refractivity contribution in [2.24, 2.45) is 9.50 Å². The van der Waals surface area contributed by atoms with Gasteiger partial charge in [-0.2, -0.15) is 4.36 Å². The molecule has 0 saturated heterocycles. The van der Waals surface area contributed by atoms with Crippen molar-refractivity contribution in [1.29, 1.82) is 0 Å². The van der Waals surface area contributed by atoms with Crippen molar-refractivity contribution in [2.75, 3.05) is 0 Å². The molecule has 0 radical (unpaired) electrons. The Morgan fingerprint density at radius 1 is 1.31 bits per heavy atom. The van der Waals surface area contributed by atoms with Crippen molar-refractivity contribution in [3.05, 3.63) is 45.7 Å². The number of aromatic nitrogens is 1. The molecule has 0 saturated carbocycles. The van der Waals surface area contributed by atoms with Crippen molar-refractivity contribution in [3.8, 4) is 0 Å². The van der Waals surface area contributed by atoms with Crippen LogP contribution in [0.2, 0.25) is 0 Å². The molecule has 9 heteroatoms. The van der Waals surface area contributed by atoms with Crippen LogP contribution in [0.25, 0.3) is 0 Å². The first kappa shape index (κ1) is 24.0. The van der Waals surface area contributed by atoms with Crippen LogP contribution < -0.4 is 5.14 Å². The summed E-state index contributed by atoms with van der Waals surface area (Å²) in [5.41, 5.74) is 1.50. The highest BCUT2D eigenvalue weighted by atomic mass is 32.2. The maximum atomic E-state index is 14.1. The van der Waals surface area contributed by atoms with Gasteiger partial charge in [-0.1, -0.05) is 39.9 Å². The largest absolute Gasteiger partial charge is 0.385 e. The summed E-state index contributed by atoms with van der Waals surface area (Å²) in [4.78, 5) is 4.78. The average Bonchev–Trinajstić information content (AvgIpc) is 3.06. The number of halogens is 1. The third-order valence-electron chi connectivity index (χ3n) is 4.43. The van der Waals surface area contributed by atoms with Gasteiger partial charge >= 0.3 is 0 Å². The van der Waals surface area contributed by atoms with Crippen LogP contribution in [0.5, 0.6) is 0 Å². The van der Waals surface area contributed by atoms with Gasteiger partial charge in [0, 0.05) is 12.6 Å². The summed E-state index contributed by atoms with van der Waals surface area (Å²) in [5.74, 6) is -0.0957. The van der Waals surface area contributed by atoms with Crippen molar-refractivity contribution < 1.29 is 13.7 Å². The average molecular weight is 458 g/mol. The van der Waals surface area contributed by atoms with E-state index in [0.29, 0.717) is 4.88 Å². The summed E-state index contributed by atoms with van der Waals surface area (Å²) in [6.45, 7) is 11.2. The zero-order valence-corrected chi connectivity index (χ0v) is 20.0. The number of hydrogen-bond acceptors (Lipinski definition) is 5. The Labute approximate surface area is 181 Å². The van der Waals surface area contributed by atoms with E-state index in [1.807, 2.05) is 27.7 Å². The van der Waals surface area contributed by atoms with Gasteiger partial charge in [-0.15, -0.1) is 11.3 Å². The van der Waals surface area contributed by atoms with E-state index in [1.54, 1.807) is 13.8 Å². The van der Waals surface area contributed by atoms with Crippen molar-refractivity contribution >= 4 is 38.5 Å². The molecule has 1 aromatic heterocycles. The van der Waals surface area contributed by atoms with Gasteiger partial charge in [-0.25, -0.2) is 18.7 Å². The molecule has 1 atom stereocenters. The summed E-state index contributed by atoms with van der Waals surface area (Å²) in [6, 6.07) is 3.04. The predicted octanol–water partition coefficient (Wildman–Crippen LogP) is 5.03. The number of rotatable bonds is 6. The first-order valence-electron chi connectivity index (χ1n) is 9.31. The Kier molecular flexibility index (Phi) is 7.33. The van der Waals surface area contributed by atoms with Crippen molar-refractivity contribution in [3.63, 3.8) is 0 Å². The number of thiocarbonyl (C=S) groups is 1. The molecule has 0 bridgehead atoms. The minimum absolute atomic E-state index is 0.0940. The van der Waals surface area contributed by atoms with E-state index in [-0.39, 0.29) is 33.4 Å². The van der Waals surface area contributed by atoms with Crippen LogP contribution in [0, 0.1) is 5.82 Å². The molecule has 3 N–H and O–H groups in total. The molecule has 1 aromatic carbocycles. The number of nitrogens with two attached hydrogens (primary N) is 1. The van der Waals surface area contributed by atoms with Gasteiger partial charge in [-0.05, 0) is 54.5 Å².